The van der Waals surface area contributed by atoms with E-state index >= 15 is 0 Å². The second kappa shape index (κ2) is 4.41. The van der Waals surface area contributed by atoms with E-state index in [1.165, 1.54) is 14.2 Å². The maximum absolute atomic E-state index is 11.4. The van der Waals surface area contributed by atoms with Gasteiger partial charge in [0.05, 0.1) is 20.1 Å². The summed E-state index contributed by atoms with van der Waals surface area (Å²) in [5, 5.41) is 9.72. The van der Waals surface area contributed by atoms with E-state index in [9.17, 15) is 14.7 Å². The van der Waals surface area contributed by atoms with Crippen molar-refractivity contribution in [3.05, 3.63) is 0 Å². The van der Waals surface area contributed by atoms with Crippen LogP contribution in [0.5, 0.6) is 0 Å². The zero-order valence-electron chi connectivity index (χ0n) is 10.0. The highest BCUT2D eigenvalue weighted by atomic mass is 16.5. The normalized spacial score (nSPS) is 28.8. The van der Waals surface area contributed by atoms with E-state index in [0.29, 0.717) is 6.42 Å². The Hall–Kier alpha value is -1.10. The van der Waals surface area contributed by atoms with Gasteiger partial charge in [0, 0.05) is 5.92 Å². The Kier molecular flexibility index (Phi) is 3.57. The molecule has 1 saturated carbocycles. The molecular weight excluding hydrogens is 212 g/mol. The van der Waals surface area contributed by atoms with Crippen LogP contribution < -0.4 is 0 Å². The van der Waals surface area contributed by atoms with Crippen LogP contribution in [0.2, 0.25) is 0 Å². The lowest BCUT2D eigenvalue weighted by molar-refractivity contribution is -0.181. The quantitative estimate of drug-likeness (QED) is 0.708. The molecule has 0 aromatic heterocycles. The molecule has 16 heavy (non-hydrogen) atoms. The Morgan fingerprint density at radius 2 is 1.88 bits per heavy atom. The van der Waals surface area contributed by atoms with Gasteiger partial charge in [-0.25, -0.2) is 4.79 Å². The van der Waals surface area contributed by atoms with E-state index in [1.807, 2.05) is 13.8 Å². The average Bonchev–Trinajstić information content (AvgIpc) is 2.25. The zero-order chi connectivity index (χ0) is 12.5. The van der Waals surface area contributed by atoms with Crippen LogP contribution in [-0.4, -0.2) is 37.4 Å². The van der Waals surface area contributed by atoms with Gasteiger partial charge in [-0.1, -0.05) is 13.8 Å². The molecule has 1 aliphatic rings. The second-order valence-corrected chi connectivity index (χ2v) is 4.71. The van der Waals surface area contributed by atoms with Crippen LogP contribution in [0.3, 0.4) is 0 Å². The maximum Gasteiger partial charge on any atom is 0.334 e. The molecule has 1 aliphatic carbocycles. The lowest BCUT2D eigenvalue weighted by atomic mass is 9.53. The highest BCUT2D eigenvalue weighted by Crippen LogP contribution is 2.53. The highest BCUT2D eigenvalue weighted by molar-refractivity contribution is 5.78. The number of carbonyl (C=O) groups is 2. The summed E-state index contributed by atoms with van der Waals surface area (Å²) in [5.41, 5.74) is -0.444. The summed E-state index contributed by atoms with van der Waals surface area (Å²) in [6, 6.07) is 0. The van der Waals surface area contributed by atoms with E-state index in [-0.39, 0.29) is 17.8 Å². The molecule has 0 spiro atoms. The summed E-state index contributed by atoms with van der Waals surface area (Å²) in [4.78, 5) is 22.6. The topological polar surface area (TPSA) is 72.8 Å². The summed E-state index contributed by atoms with van der Waals surface area (Å²) < 4.78 is 9.15. The number of hydrogen-bond donors (Lipinski definition) is 1. The van der Waals surface area contributed by atoms with Gasteiger partial charge in [0.2, 0.25) is 0 Å². The molecule has 92 valence electrons. The number of methoxy groups -OCH3 is 2. The zero-order valence-corrected chi connectivity index (χ0v) is 10.0. The standard InChI is InChI=1S/C11H18O5/c1-11(2)6(8(12)10(14)16-4)5-7(11)9(13)15-3/h6-8,12H,5H2,1-4H3/t6-,7-,8+/m0/s1. The molecule has 0 bridgehead atoms. The molecule has 1 N–H and O–H groups in total. The molecule has 0 unspecified atom stereocenters. The van der Waals surface area contributed by atoms with Gasteiger partial charge in [-0.2, -0.15) is 0 Å². The Morgan fingerprint density at radius 1 is 1.31 bits per heavy atom. The molecule has 0 aromatic rings. The predicted octanol–water partition coefficient (Wildman–Crippen LogP) is 0.356. The van der Waals surface area contributed by atoms with Crippen LogP contribution in [0.4, 0.5) is 0 Å². The third kappa shape index (κ3) is 1.91. The molecule has 0 amide bonds. The van der Waals surface area contributed by atoms with Gasteiger partial charge in [0.25, 0.3) is 0 Å². The minimum absolute atomic E-state index is 0.260. The summed E-state index contributed by atoms with van der Waals surface area (Å²) in [6.45, 7) is 3.68. The first-order chi connectivity index (χ1) is 7.36. The van der Waals surface area contributed by atoms with E-state index in [1.54, 1.807) is 0 Å². The molecule has 0 radical (unpaired) electrons. The SMILES string of the molecule is COC(=O)[C@H](O)[C@@H]1C[C@@H](C(=O)OC)C1(C)C. The van der Waals surface area contributed by atoms with E-state index < -0.39 is 17.5 Å². The summed E-state index contributed by atoms with van der Waals surface area (Å²) in [5.74, 6) is -1.47. The number of hydrogen-bond acceptors (Lipinski definition) is 5. The molecule has 1 fully saturated rings. The third-order valence-electron chi connectivity index (χ3n) is 3.65. The molecule has 3 atom stereocenters. The van der Waals surface area contributed by atoms with Crippen LogP contribution in [0.15, 0.2) is 0 Å². The van der Waals surface area contributed by atoms with Crippen LogP contribution in [-0.2, 0) is 19.1 Å². The molecule has 0 aliphatic heterocycles. The molecule has 0 aromatic carbocycles. The van der Waals surface area contributed by atoms with Crippen molar-refractivity contribution in [3.63, 3.8) is 0 Å². The number of ether oxygens (including phenoxy) is 2. The number of rotatable bonds is 3. The van der Waals surface area contributed by atoms with Gasteiger partial charge >= 0.3 is 11.9 Å². The predicted molar refractivity (Wildman–Crippen MR) is 55.4 cm³/mol. The van der Waals surface area contributed by atoms with Crippen molar-refractivity contribution in [1.29, 1.82) is 0 Å². The monoisotopic (exact) mass is 230 g/mol. The summed E-state index contributed by atoms with van der Waals surface area (Å²) in [7, 11) is 2.57. The smallest absolute Gasteiger partial charge is 0.334 e. The Balaban J connectivity index is 2.70. The van der Waals surface area contributed by atoms with E-state index in [4.69, 9.17) is 0 Å². The van der Waals surface area contributed by atoms with Crippen molar-refractivity contribution >= 4 is 11.9 Å². The molecule has 5 heteroatoms. The van der Waals surface area contributed by atoms with Crippen LogP contribution in [0, 0.1) is 17.3 Å². The number of aliphatic hydroxyl groups excluding tert-OH is 1. The molecule has 0 heterocycles. The molecule has 1 rings (SSSR count). The summed E-state index contributed by atoms with van der Waals surface area (Å²) >= 11 is 0. The largest absolute Gasteiger partial charge is 0.469 e. The maximum atomic E-state index is 11.4. The van der Waals surface area contributed by atoms with Crippen molar-refractivity contribution in [2.75, 3.05) is 14.2 Å². The Morgan fingerprint density at radius 3 is 2.25 bits per heavy atom. The lowest BCUT2D eigenvalue weighted by Crippen LogP contribution is -2.55. The van der Waals surface area contributed by atoms with Gasteiger partial charge in [-0.3, -0.25) is 4.79 Å². The fourth-order valence-corrected chi connectivity index (χ4v) is 2.32. The van der Waals surface area contributed by atoms with Crippen molar-refractivity contribution in [2.45, 2.75) is 26.4 Å². The van der Waals surface area contributed by atoms with Gasteiger partial charge in [0.1, 0.15) is 0 Å². The van der Waals surface area contributed by atoms with E-state index in [0.717, 1.165) is 0 Å². The fraction of sp³-hybridized carbons (Fsp3) is 0.818. The minimum atomic E-state index is -1.17. The lowest BCUT2D eigenvalue weighted by Gasteiger charge is -2.51. The van der Waals surface area contributed by atoms with Gasteiger partial charge in [0.15, 0.2) is 6.10 Å². The molecular formula is C11H18O5. The van der Waals surface area contributed by atoms with Crippen molar-refractivity contribution < 1.29 is 24.2 Å². The Labute approximate surface area is 94.7 Å². The second-order valence-electron chi connectivity index (χ2n) is 4.71. The first kappa shape index (κ1) is 13.0. The first-order valence-corrected chi connectivity index (χ1v) is 5.20. The molecule has 5 nitrogen and oxygen atoms in total. The number of aliphatic hydroxyl groups is 1. The Bertz CT molecular complexity index is 297. The van der Waals surface area contributed by atoms with Crippen LogP contribution in [0.25, 0.3) is 0 Å². The van der Waals surface area contributed by atoms with Crippen molar-refractivity contribution in [3.8, 4) is 0 Å². The fourth-order valence-electron chi connectivity index (χ4n) is 2.32. The highest BCUT2D eigenvalue weighted by Gasteiger charge is 2.56. The van der Waals surface area contributed by atoms with Gasteiger partial charge in [-0.05, 0) is 11.8 Å². The number of carbonyl (C=O) groups excluding carboxylic acids is 2. The minimum Gasteiger partial charge on any atom is -0.469 e. The first-order valence-electron chi connectivity index (χ1n) is 5.20. The van der Waals surface area contributed by atoms with Crippen molar-refractivity contribution in [2.24, 2.45) is 17.3 Å². The van der Waals surface area contributed by atoms with Crippen LogP contribution >= 0.6 is 0 Å². The average molecular weight is 230 g/mol. The van der Waals surface area contributed by atoms with Gasteiger partial charge < -0.3 is 14.6 Å². The van der Waals surface area contributed by atoms with E-state index in [2.05, 4.69) is 9.47 Å². The number of esters is 2. The van der Waals surface area contributed by atoms with Gasteiger partial charge in [-0.15, -0.1) is 0 Å². The summed E-state index contributed by atoms with van der Waals surface area (Å²) in [6.07, 6.45) is -0.712. The van der Waals surface area contributed by atoms with Crippen LogP contribution in [0.1, 0.15) is 20.3 Å². The third-order valence-corrected chi connectivity index (χ3v) is 3.65. The molecule has 0 saturated heterocycles. The van der Waals surface area contributed by atoms with Crippen molar-refractivity contribution in [1.82, 2.24) is 0 Å².